The molecule has 2 aromatic rings. The van der Waals surface area contributed by atoms with Crippen molar-refractivity contribution in [3.05, 3.63) is 57.6 Å². The molecule has 0 fully saturated rings. The average Bonchev–Trinajstić information content (AvgIpc) is 2.69. The van der Waals surface area contributed by atoms with Crippen LogP contribution in [-0.4, -0.2) is 19.1 Å². The van der Waals surface area contributed by atoms with Gasteiger partial charge in [-0.3, -0.25) is 4.79 Å². The molecule has 29 heavy (non-hydrogen) atoms. The molecule has 0 bridgehead atoms. The standard InChI is InChI=1S/C22H20ClN3O3/c1-4-28-20-12-16(11-18(23)21(20)29-9-8-24)10-17(13-25)22(27)26-19-7-5-6-14(2)15(19)3/h5-7,10-12H,4,9H2,1-3H3,(H,26,27)/b17-10+. The largest absolute Gasteiger partial charge is 0.490 e. The highest BCUT2D eigenvalue weighted by molar-refractivity contribution is 6.32. The second-order valence-corrected chi connectivity index (χ2v) is 6.49. The van der Waals surface area contributed by atoms with Gasteiger partial charge in [-0.1, -0.05) is 23.7 Å². The molecule has 2 aromatic carbocycles. The molecule has 6 nitrogen and oxygen atoms in total. The third kappa shape index (κ3) is 5.51. The summed E-state index contributed by atoms with van der Waals surface area (Å²) in [6.45, 7) is 5.80. The van der Waals surface area contributed by atoms with Gasteiger partial charge in [-0.25, -0.2) is 0 Å². The van der Waals surface area contributed by atoms with Crippen LogP contribution in [0.1, 0.15) is 23.6 Å². The van der Waals surface area contributed by atoms with Crippen LogP contribution in [-0.2, 0) is 4.79 Å². The highest BCUT2D eigenvalue weighted by Gasteiger charge is 2.15. The maximum Gasteiger partial charge on any atom is 0.266 e. The number of carbonyl (C=O) groups is 1. The van der Waals surface area contributed by atoms with Crippen molar-refractivity contribution in [3.63, 3.8) is 0 Å². The second kappa shape index (κ2) is 10.2. The smallest absolute Gasteiger partial charge is 0.266 e. The average molecular weight is 410 g/mol. The predicted octanol–water partition coefficient (Wildman–Crippen LogP) is 4.80. The fourth-order valence-electron chi connectivity index (χ4n) is 2.57. The zero-order valence-corrected chi connectivity index (χ0v) is 17.1. The van der Waals surface area contributed by atoms with Crippen LogP contribution >= 0.6 is 11.6 Å². The number of ether oxygens (including phenoxy) is 2. The normalized spacial score (nSPS) is 10.6. The zero-order chi connectivity index (χ0) is 21.4. The van der Waals surface area contributed by atoms with E-state index in [1.165, 1.54) is 6.08 Å². The Hall–Kier alpha value is -3.48. The number of hydrogen-bond acceptors (Lipinski definition) is 5. The van der Waals surface area contributed by atoms with E-state index in [0.29, 0.717) is 23.6 Å². The fraction of sp³-hybridized carbons (Fsp3) is 0.227. The van der Waals surface area contributed by atoms with Gasteiger partial charge >= 0.3 is 0 Å². The van der Waals surface area contributed by atoms with E-state index in [1.54, 1.807) is 25.1 Å². The summed E-state index contributed by atoms with van der Waals surface area (Å²) in [6.07, 6.45) is 1.42. The number of benzene rings is 2. The summed E-state index contributed by atoms with van der Waals surface area (Å²) in [5, 5.41) is 21.2. The SMILES string of the molecule is CCOc1cc(/C=C(\C#N)C(=O)Nc2cccc(C)c2C)cc(Cl)c1OCC#N. The third-order valence-corrected chi connectivity index (χ3v) is 4.42. The lowest BCUT2D eigenvalue weighted by atomic mass is 10.1. The van der Waals surface area contributed by atoms with Gasteiger partial charge in [-0.2, -0.15) is 10.5 Å². The Morgan fingerprint density at radius 3 is 2.66 bits per heavy atom. The molecular formula is C22H20ClN3O3. The number of amides is 1. The molecule has 0 unspecified atom stereocenters. The van der Waals surface area contributed by atoms with E-state index in [1.807, 2.05) is 38.1 Å². The van der Waals surface area contributed by atoms with Gasteiger partial charge in [-0.05, 0) is 61.7 Å². The van der Waals surface area contributed by atoms with Crippen LogP contribution in [0.4, 0.5) is 5.69 Å². The minimum atomic E-state index is -0.528. The quantitative estimate of drug-likeness (QED) is 0.523. The molecule has 0 atom stereocenters. The Morgan fingerprint density at radius 2 is 2.00 bits per heavy atom. The molecule has 0 radical (unpaired) electrons. The van der Waals surface area contributed by atoms with E-state index < -0.39 is 5.91 Å². The molecule has 0 saturated carbocycles. The molecule has 0 spiro atoms. The Labute approximate surface area is 174 Å². The van der Waals surface area contributed by atoms with E-state index in [2.05, 4.69) is 5.32 Å². The molecule has 148 valence electrons. The summed E-state index contributed by atoms with van der Waals surface area (Å²) < 4.78 is 10.8. The first kappa shape index (κ1) is 21.8. The van der Waals surface area contributed by atoms with E-state index in [0.717, 1.165) is 11.1 Å². The number of rotatable bonds is 7. The number of halogens is 1. The van der Waals surface area contributed by atoms with Gasteiger partial charge in [0.1, 0.15) is 17.7 Å². The number of nitriles is 2. The molecule has 1 N–H and O–H groups in total. The number of hydrogen-bond donors (Lipinski definition) is 1. The second-order valence-electron chi connectivity index (χ2n) is 6.08. The van der Waals surface area contributed by atoms with Gasteiger partial charge in [0.15, 0.2) is 18.1 Å². The monoisotopic (exact) mass is 409 g/mol. The summed E-state index contributed by atoms with van der Waals surface area (Å²) in [7, 11) is 0. The van der Waals surface area contributed by atoms with Crippen molar-refractivity contribution in [2.24, 2.45) is 0 Å². The molecule has 0 saturated heterocycles. The van der Waals surface area contributed by atoms with Crippen LogP contribution in [0.25, 0.3) is 6.08 Å². The highest BCUT2D eigenvalue weighted by atomic mass is 35.5. The maximum atomic E-state index is 12.6. The molecule has 0 aliphatic heterocycles. The van der Waals surface area contributed by atoms with Crippen LogP contribution in [0.2, 0.25) is 5.02 Å². The van der Waals surface area contributed by atoms with Crippen LogP contribution in [0.5, 0.6) is 11.5 Å². The fourth-order valence-corrected chi connectivity index (χ4v) is 2.84. The van der Waals surface area contributed by atoms with Crippen LogP contribution in [0.15, 0.2) is 35.9 Å². The lowest BCUT2D eigenvalue weighted by Crippen LogP contribution is -2.14. The molecular weight excluding hydrogens is 390 g/mol. The summed E-state index contributed by atoms with van der Waals surface area (Å²) >= 11 is 6.25. The number of aryl methyl sites for hydroxylation is 1. The van der Waals surface area contributed by atoms with Gasteiger partial charge in [0.2, 0.25) is 0 Å². The van der Waals surface area contributed by atoms with Gasteiger partial charge in [0.05, 0.1) is 11.6 Å². The zero-order valence-electron chi connectivity index (χ0n) is 16.4. The van der Waals surface area contributed by atoms with Crippen molar-refractivity contribution >= 4 is 29.3 Å². The molecule has 0 aliphatic rings. The predicted molar refractivity (Wildman–Crippen MR) is 112 cm³/mol. The summed E-state index contributed by atoms with van der Waals surface area (Å²) in [5.74, 6) is 0.0411. The van der Waals surface area contributed by atoms with Crippen LogP contribution < -0.4 is 14.8 Å². The molecule has 0 aliphatic carbocycles. The maximum absolute atomic E-state index is 12.6. The topological polar surface area (TPSA) is 95.1 Å². The minimum absolute atomic E-state index is 0.0879. The van der Waals surface area contributed by atoms with Gasteiger partial charge in [0.25, 0.3) is 5.91 Å². The van der Waals surface area contributed by atoms with E-state index in [-0.39, 0.29) is 23.0 Å². The molecule has 0 heterocycles. The van der Waals surface area contributed by atoms with Crippen LogP contribution in [0, 0.1) is 36.5 Å². The first-order valence-electron chi connectivity index (χ1n) is 8.86. The van der Waals surface area contributed by atoms with E-state index in [4.69, 9.17) is 26.3 Å². The Bertz CT molecular complexity index is 1030. The van der Waals surface area contributed by atoms with E-state index >= 15 is 0 Å². The van der Waals surface area contributed by atoms with E-state index in [9.17, 15) is 10.1 Å². The van der Waals surface area contributed by atoms with Gasteiger partial charge < -0.3 is 14.8 Å². The molecule has 0 aromatic heterocycles. The molecule has 2 rings (SSSR count). The number of anilines is 1. The first-order chi connectivity index (χ1) is 13.9. The van der Waals surface area contributed by atoms with Crippen molar-refractivity contribution in [1.82, 2.24) is 0 Å². The summed E-state index contributed by atoms with van der Waals surface area (Å²) in [5.41, 5.74) is 3.01. The molecule has 7 heteroatoms. The summed E-state index contributed by atoms with van der Waals surface area (Å²) in [4.78, 5) is 12.6. The number of nitrogens with zero attached hydrogens (tertiary/aromatic N) is 2. The van der Waals surface area contributed by atoms with Gasteiger partial charge in [0, 0.05) is 5.69 Å². The van der Waals surface area contributed by atoms with Gasteiger partial charge in [-0.15, -0.1) is 0 Å². The van der Waals surface area contributed by atoms with Crippen molar-refractivity contribution in [3.8, 4) is 23.6 Å². The van der Waals surface area contributed by atoms with Crippen molar-refractivity contribution in [2.45, 2.75) is 20.8 Å². The van der Waals surface area contributed by atoms with Crippen molar-refractivity contribution in [1.29, 1.82) is 10.5 Å². The van der Waals surface area contributed by atoms with Crippen molar-refractivity contribution in [2.75, 3.05) is 18.5 Å². The Morgan fingerprint density at radius 1 is 1.24 bits per heavy atom. The number of nitrogens with one attached hydrogen (secondary N) is 1. The summed E-state index contributed by atoms with van der Waals surface area (Å²) in [6, 6.07) is 12.5. The number of carbonyl (C=O) groups excluding carboxylic acids is 1. The Kier molecular flexibility index (Phi) is 7.65. The Balaban J connectivity index is 2.36. The van der Waals surface area contributed by atoms with Crippen LogP contribution in [0.3, 0.4) is 0 Å². The molecule has 1 amide bonds. The van der Waals surface area contributed by atoms with Crippen molar-refractivity contribution < 1.29 is 14.3 Å². The first-order valence-corrected chi connectivity index (χ1v) is 9.24. The minimum Gasteiger partial charge on any atom is -0.490 e. The third-order valence-electron chi connectivity index (χ3n) is 4.14. The lowest BCUT2D eigenvalue weighted by molar-refractivity contribution is -0.112. The lowest BCUT2D eigenvalue weighted by Gasteiger charge is -2.13. The highest BCUT2D eigenvalue weighted by Crippen LogP contribution is 2.37.